The Balaban J connectivity index is 1.84. The smallest absolute Gasteiger partial charge is 0.165 e. The van der Waals surface area contributed by atoms with Crippen LogP contribution in [0.1, 0.15) is 11.1 Å². The van der Waals surface area contributed by atoms with Gasteiger partial charge in [0.15, 0.2) is 11.6 Å². The predicted octanol–water partition coefficient (Wildman–Crippen LogP) is 3.90. The molecule has 0 fully saturated rings. The van der Waals surface area contributed by atoms with Crippen molar-refractivity contribution >= 4 is 0 Å². The van der Waals surface area contributed by atoms with E-state index in [-0.39, 0.29) is 11.6 Å². The third-order valence-electron chi connectivity index (χ3n) is 2.78. The zero-order valence-corrected chi connectivity index (χ0v) is 11.2. The van der Waals surface area contributed by atoms with Crippen molar-refractivity contribution in [1.29, 1.82) is 0 Å². The number of aryl methyl sites for hydroxylation is 2. The highest BCUT2D eigenvalue weighted by atomic mass is 19.1. The van der Waals surface area contributed by atoms with Gasteiger partial charge < -0.3 is 9.47 Å². The summed E-state index contributed by atoms with van der Waals surface area (Å²) in [4.78, 5) is 0. The second-order valence-corrected chi connectivity index (χ2v) is 4.40. The molecule has 0 radical (unpaired) electrons. The predicted molar refractivity (Wildman–Crippen MR) is 73.3 cm³/mol. The van der Waals surface area contributed by atoms with E-state index in [0.717, 1.165) is 16.9 Å². The van der Waals surface area contributed by atoms with Crippen LogP contribution in [-0.2, 0) is 0 Å². The highest BCUT2D eigenvalue weighted by molar-refractivity contribution is 5.35. The summed E-state index contributed by atoms with van der Waals surface area (Å²) in [7, 11) is 0. The van der Waals surface area contributed by atoms with Gasteiger partial charge in [-0.15, -0.1) is 0 Å². The summed E-state index contributed by atoms with van der Waals surface area (Å²) in [6.45, 7) is 4.71. The Labute approximate surface area is 112 Å². The Morgan fingerprint density at radius 3 is 2.32 bits per heavy atom. The number of hydrogen-bond acceptors (Lipinski definition) is 2. The molecule has 0 atom stereocenters. The topological polar surface area (TPSA) is 18.5 Å². The third kappa shape index (κ3) is 3.71. The first-order valence-corrected chi connectivity index (χ1v) is 6.24. The van der Waals surface area contributed by atoms with E-state index in [9.17, 15) is 4.39 Å². The average molecular weight is 260 g/mol. The van der Waals surface area contributed by atoms with Gasteiger partial charge in [0, 0.05) is 0 Å². The lowest BCUT2D eigenvalue weighted by molar-refractivity contribution is 0.210. The summed E-state index contributed by atoms with van der Waals surface area (Å²) in [5.41, 5.74) is 2.23. The van der Waals surface area contributed by atoms with E-state index < -0.39 is 0 Å². The minimum Gasteiger partial charge on any atom is -0.490 e. The molecule has 2 nitrogen and oxygen atoms in total. The quantitative estimate of drug-likeness (QED) is 0.759. The molecule has 0 aromatic heterocycles. The van der Waals surface area contributed by atoms with Crippen molar-refractivity contribution in [2.24, 2.45) is 0 Å². The van der Waals surface area contributed by atoms with E-state index in [4.69, 9.17) is 9.47 Å². The second kappa shape index (κ2) is 6.23. The Hall–Kier alpha value is -2.03. The largest absolute Gasteiger partial charge is 0.490 e. The molecule has 2 rings (SSSR count). The number of rotatable bonds is 5. The summed E-state index contributed by atoms with van der Waals surface area (Å²) in [5, 5.41) is 0. The van der Waals surface area contributed by atoms with Crippen molar-refractivity contribution in [1.82, 2.24) is 0 Å². The van der Waals surface area contributed by atoms with Gasteiger partial charge in [-0.1, -0.05) is 24.3 Å². The van der Waals surface area contributed by atoms with Crippen molar-refractivity contribution in [2.75, 3.05) is 13.2 Å². The van der Waals surface area contributed by atoms with Crippen LogP contribution in [-0.4, -0.2) is 13.2 Å². The van der Waals surface area contributed by atoms with Crippen LogP contribution in [0.25, 0.3) is 0 Å². The third-order valence-corrected chi connectivity index (χ3v) is 2.78. The number of ether oxygens (including phenoxy) is 2. The SMILES string of the molecule is Cc1ccc(C)c(OCCOc2ccccc2F)c1. The Morgan fingerprint density at radius 2 is 1.58 bits per heavy atom. The number of benzene rings is 2. The summed E-state index contributed by atoms with van der Waals surface area (Å²) in [6, 6.07) is 12.4. The van der Waals surface area contributed by atoms with Gasteiger partial charge in [0.1, 0.15) is 19.0 Å². The van der Waals surface area contributed by atoms with Gasteiger partial charge in [0.05, 0.1) is 0 Å². The monoisotopic (exact) mass is 260 g/mol. The normalized spacial score (nSPS) is 10.3. The standard InChI is InChI=1S/C16H17FO2/c1-12-7-8-13(2)16(11-12)19-10-9-18-15-6-4-3-5-14(15)17/h3-8,11H,9-10H2,1-2H3. The Kier molecular flexibility index (Phi) is 4.39. The molecule has 0 heterocycles. The van der Waals surface area contributed by atoms with Crippen LogP contribution in [0.3, 0.4) is 0 Å². The van der Waals surface area contributed by atoms with Crippen LogP contribution in [0.5, 0.6) is 11.5 Å². The highest BCUT2D eigenvalue weighted by Gasteiger charge is 2.02. The van der Waals surface area contributed by atoms with E-state index in [1.54, 1.807) is 18.2 Å². The Bertz CT molecular complexity index is 552. The van der Waals surface area contributed by atoms with Gasteiger partial charge in [-0.25, -0.2) is 4.39 Å². The molecule has 0 N–H and O–H groups in total. The zero-order valence-electron chi connectivity index (χ0n) is 11.2. The maximum absolute atomic E-state index is 13.3. The molecule has 0 aliphatic carbocycles. The molecule has 0 saturated heterocycles. The maximum Gasteiger partial charge on any atom is 0.165 e. The van der Waals surface area contributed by atoms with Gasteiger partial charge in [-0.05, 0) is 43.2 Å². The van der Waals surface area contributed by atoms with Crippen molar-refractivity contribution < 1.29 is 13.9 Å². The lowest BCUT2D eigenvalue weighted by Gasteiger charge is -2.11. The first-order chi connectivity index (χ1) is 9.16. The summed E-state index contributed by atoms with van der Waals surface area (Å²) in [6.07, 6.45) is 0. The minimum atomic E-state index is -0.353. The van der Waals surface area contributed by atoms with Gasteiger partial charge in [0.25, 0.3) is 0 Å². The average Bonchev–Trinajstić information content (AvgIpc) is 2.40. The molecule has 0 aliphatic rings. The number of hydrogen-bond donors (Lipinski definition) is 0. The molecule has 2 aromatic rings. The molecule has 0 bridgehead atoms. The van der Waals surface area contributed by atoms with E-state index in [0.29, 0.717) is 13.2 Å². The van der Waals surface area contributed by atoms with Gasteiger partial charge >= 0.3 is 0 Å². The van der Waals surface area contributed by atoms with Gasteiger partial charge in [-0.2, -0.15) is 0 Å². The molecule has 0 amide bonds. The van der Waals surface area contributed by atoms with Crippen LogP contribution >= 0.6 is 0 Å². The first kappa shape index (κ1) is 13.4. The van der Waals surface area contributed by atoms with Crippen LogP contribution in [0, 0.1) is 19.7 Å². The van der Waals surface area contributed by atoms with E-state index in [1.165, 1.54) is 6.07 Å². The van der Waals surface area contributed by atoms with E-state index >= 15 is 0 Å². The van der Waals surface area contributed by atoms with Crippen LogP contribution in [0.15, 0.2) is 42.5 Å². The maximum atomic E-state index is 13.3. The fourth-order valence-corrected chi connectivity index (χ4v) is 1.73. The molecule has 2 aromatic carbocycles. The fourth-order valence-electron chi connectivity index (χ4n) is 1.73. The van der Waals surface area contributed by atoms with Gasteiger partial charge in [0.2, 0.25) is 0 Å². The highest BCUT2D eigenvalue weighted by Crippen LogP contribution is 2.19. The van der Waals surface area contributed by atoms with Crippen LogP contribution in [0.2, 0.25) is 0 Å². The van der Waals surface area contributed by atoms with Crippen LogP contribution < -0.4 is 9.47 Å². The van der Waals surface area contributed by atoms with Crippen molar-refractivity contribution in [3.05, 3.63) is 59.4 Å². The summed E-state index contributed by atoms with van der Waals surface area (Å²) >= 11 is 0. The van der Waals surface area contributed by atoms with Crippen molar-refractivity contribution in [3.63, 3.8) is 0 Å². The van der Waals surface area contributed by atoms with Gasteiger partial charge in [-0.3, -0.25) is 0 Å². The molecule has 0 saturated carbocycles. The Morgan fingerprint density at radius 1 is 0.895 bits per heavy atom. The van der Waals surface area contributed by atoms with Crippen LogP contribution in [0.4, 0.5) is 4.39 Å². The molecule has 100 valence electrons. The summed E-state index contributed by atoms with van der Waals surface area (Å²) < 4.78 is 24.3. The van der Waals surface area contributed by atoms with E-state index in [1.807, 2.05) is 32.0 Å². The molecule has 0 unspecified atom stereocenters. The molecule has 0 aliphatic heterocycles. The fraction of sp³-hybridized carbons (Fsp3) is 0.250. The minimum absolute atomic E-state index is 0.257. The lowest BCUT2D eigenvalue weighted by atomic mass is 10.1. The van der Waals surface area contributed by atoms with Crippen molar-refractivity contribution in [3.8, 4) is 11.5 Å². The molecular formula is C16H17FO2. The molecular weight excluding hydrogens is 243 g/mol. The second-order valence-electron chi connectivity index (χ2n) is 4.40. The first-order valence-electron chi connectivity index (χ1n) is 6.24. The zero-order chi connectivity index (χ0) is 13.7. The van der Waals surface area contributed by atoms with Crippen molar-refractivity contribution in [2.45, 2.75) is 13.8 Å². The van der Waals surface area contributed by atoms with E-state index in [2.05, 4.69) is 0 Å². The number of halogens is 1. The number of para-hydroxylation sites is 1. The molecule has 0 spiro atoms. The summed E-state index contributed by atoms with van der Waals surface area (Å²) in [5.74, 6) is 0.749. The molecule has 3 heteroatoms. The molecule has 19 heavy (non-hydrogen) atoms. The lowest BCUT2D eigenvalue weighted by Crippen LogP contribution is -2.10.